The minimum absolute atomic E-state index is 0.397. The topological polar surface area (TPSA) is 82.6 Å². The van der Waals surface area contributed by atoms with Crippen molar-refractivity contribution in [2.75, 3.05) is 19.3 Å². The fourth-order valence-corrected chi connectivity index (χ4v) is 3.25. The van der Waals surface area contributed by atoms with E-state index >= 15 is 0 Å². The van der Waals surface area contributed by atoms with Crippen LogP contribution in [0.1, 0.15) is 26.3 Å². The van der Waals surface area contributed by atoms with Crippen LogP contribution in [0.2, 0.25) is 5.02 Å². The molecule has 6 nitrogen and oxygen atoms in total. The van der Waals surface area contributed by atoms with Crippen molar-refractivity contribution < 1.29 is 8.42 Å². The number of aliphatic imine (C=N–C) groups is 1. The van der Waals surface area contributed by atoms with Gasteiger partial charge in [0.15, 0.2) is 5.96 Å². The van der Waals surface area contributed by atoms with Crippen molar-refractivity contribution in [2.24, 2.45) is 4.99 Å². The molecule has 8 heteroatoms. The predicted molar refractivity (Wildman–Crippen MR) is 96.3 cm³/mol. The molecule has 0 aliphatic carbocycles. The highest BCUT2D eigenvalue weighted by atomic mass is 35.5. The average Bonchev–Trinajstić information content (AvgIpc) is 2.41. The second kappa shape index (κ2) is 8.52. The van der Waals surface area contributed by atoms with E-state index in [0.717, 1.165) is 11.8 Å². The molecule has 0 saturated carbocycles. The van der Waals surface area contributed by atoms with E-state index in [9.17, 15) is 8.42 Å². The summed E-state index contributed by atoms with van der Waals surface area (Å²) in [6, 6.07) is 7.53. The monoisotopic (exact) mass is 360 g/mol. The standard InChI is InChI=1S/C15H25ClN4O2S/c1-5-17-14(18-10-12-8-6-7-9-13(12)16)19-11-15(2,3)20-23(4,21)22/h6-9,20H,5,10-11H2,1-4H3,(H2,17,18,19). The molecule has 0 fully saturated rings. The Morgan fingerprint density at radius 2 is 1.91 bits per heavy atom. The number of guanidine groups is 1. The molecule has 3 N–H and O–H groups in total. The van der Waals surface area contributed by atoms with Crippen molar-refractivity contribution in [3.05, 3.63) is 34.9 Å². The van der Waals surface area contributed by atoms with Crippen LogP contribution in [0.3, 0.4) is 0 Å². The van der Waals surface area contributed by atoms with Crippen LogP contribution in [0.5, 0.6) is 0 Å². The summed E-state index contributed by atoms with van der Waals surface area (Å²) in [5.74, 6) is 0.607. The SMILES string of the molecule is CCNC(=NCc1ccccc1Cl)NCC(C)(C)NS(C)(=O)=O. The Balaban J connectivity index is 2.71. The fourth-order valence-electron chi connectivity index (χ4n) is 1.98. The van der Waals surface area contributed by atoms with E-state index in [1.165, 1.54) is 0 Å². The summed E-state index contributed by atoms with van der Waals surface area (Å²) in [6.45, 7) is 7.11. The first kappa shape index (κ1) is 19.7. The summed E-state index contributed by atoms with van der Waals surface area (Å²) >= 11 is 6.12. The highest BCUT2D eigenvalue weighted by Crippen LogP contribution is 2.15. The first-order valence-corrected chi connectivity index (χ1v) is 9.64. The van der Waals surface area contributed by atoms with Crippen molar-refractivity contribution in [3.63, 3.8) is 0 Å². The maximum atomic E-state index is 11.4. The summed E-state index contributed by atoms with van der Waals surface area (Å²) in [6.07, 6.45) is 1.14. The third-order valence-electron chi connectivity index (χ3n) is 2.87. The summed E-state index contributed by atoms with van der Waals surface area (Å²) in [7, 11) is -3.27. The molecule has 1 aromatic rings. The minimum atomic E-state index is -3.27. The normalized spacial score (nSPS) is 13.0. The second-order valence-corrected chi connectivity index (χ2v) is 8.05. The van der Waals surface area contributed by atoms with Gasteiger partial charge in [-0.05, 0) is 32.4 Å². The molecule has 0 atom stereocenters. The summed E-state index contributed by atoms with van der Waals surface area (Å²) in [5.41, 5.74) is 0.300. The van der Waals surface area contributed by atoms with Crippen molar-refractivity contribution in [1.82, 2.24) is 15.4 Å². The first-order valence-electron chi connectivity index (χ1n) is 7.37. The summed E-state index contributed by atoms with van der Waals surface area (Å²) in [4.78, 5) is 4.48. The molecule has 0 aromatic heterocycles. The van der Waals surface area contributed by atoms with Crippen LogP contribution in [0, 0.1) is 0 Å². The van der Waals surface area contributed by atoms with Crippen molar-refractivity contribution >= 4 is 27.6 Å². The quantitative estimate of drug-likeness (QED) is 0.510. The van der Waals surface area contributed by atoms with Crippen LogP contribution in [0.15, 0.2) is 29.3 Å². The number of halogens is 1. The van der Waals surface area contributed by atoms with Gasteiger partial charge in [0.05, 0.1) is 12.8 Å². The lowest BCUT2D eigenvalue weighted by Crippen LogP contribution is -2.53. The molecule has 0 radical (unpaired) electrons. The van der Waals surface area contributed by atoms with Crippen molar-refractivity contribution in [2.45, 2.75) is 32.9 Å². The number of nitrogens with zero attached hydrogens (tertiary/aromatic N) is 1. The molecule has 0 unspecified atom stereocenters. The lowest BCUT2D eigenvalue weighted by molar-refractivity contribution is 0.446. The van der Waals surface area contributed by atoms with Crippen LogP contribution in [-0.2, 0) is 16.6 Å². The van der Waals surface area contributed by atoms with Gasteiger partial charge in [-0.3, -0.25) is 0 Å². The van der Waals surface area contributed by atoms with E-state index in [1.54, 1.807) is 13.8 Å². The third-order valence-corrected chi connectivity index (χ3v) is 4.16. The van der Waals surface area contributed by atoms with E-state index in [4.69, 9.17) is 11.6 Å². The maximum absolute atomic E-state index is 11.4. The molecular weight excluding hydrogens is 336 g/mol. The van der Waals surface area contributed by atoms with Gasteiger partial charge in [-0.15, -0.1) is 0 Å². The Bertz CT molecular complexity index is 645. The van der Waals surface area contributed by atoms with Gasteiger partial charge >= 0.3 is 0 Å². The van der Waals surface area contributed by atoms with Gasteiger partial charge < -0.3 is 10.6 Å². The van der Waals surface area contributed by atoms with Gasteiger partial charge in [0, 0.05) is 23.7 Å². The average molecular weight is 361 g/mol. The molecule has 0 saturated heterocycles. The molecule has 23 heavy (non-hydrogen) atoms. The van der Waals surface area contributed by atoms with Crippen LogP contribution >= 0.6 is 11.6 Å². The van der Waals surface area contributed by atoms with Crippen LogP contribution < -0.4 is 15.4 Å². The number of sulfonamides is 1. The number of hydrogen-bond acceptors (Lipinski definition) is 3. The highest BCUT2D eigenvalue weighted by Gasteiger charge is 2.22. The molecule has 0 spiro atoms. The highest BCUT2D eigenvalue weighted by molar-refractivity contribution is 7.88. The Morgan fingerprint density at radius 3 is 2.48 bits per heavy atom. The molecule has 1 rings (SSSR count). The Labute approximate surface area is 143 Å². The molecular formula is C15H25ClN4O2S. The smallest absolute Gasteiger partial charge is 0.209 e. The number of rotatable bonds is 7. The summed E-state index contributed by atoms with van der Waals surface area (Å²) < 4.78 is 25.3. The van der Waals surface area contributed by atoms with Gasteiger partial charge in [-0.2, -0.15) is 0 Å². The van der Waals surface area contributed by atoms with Crippen LogP contribution in [0.25, 0.3) is 0 Å². The molecule has 0 amide bonds. The molecule has 0 bridgehead atoms. The Hall–Kier alpha value is -1.31. The maximum Gasteiger partial charge on any atom is 0.209 e. The number of hydrogen-bond donors (Lipinski definition) is 3. The first-order chi connectivity index (χ1) is 10.6. The fraction of sp³-hybridized carbons (Fsp3) is 0.533. The second-order valence-electron chi connectivity index (χ2n) is 5.90. The van der Waals surface area contributed by atoms with E-state index in [-0.39, 0.29) is 0 Å². The molecule has 0 aliphatic rings. The van der Waals surface area contributed by atoms with Crippen LogP contribution in [0.4, 0.5) is 0 Å². The lowest BCUT2D eigenvalue weighted by atomic mass is 10.1. The molecule has 0 heterocycles. The third kappa shape index (κ3) is 8.20. The molecule has 130 valence electrons. The van der Waals surface area contributed by atoms with Gasteiger partial charge in [0.25, 0.3) is 0 Å². The predicted octanol–water partition coefficient (Wildman–Crippen LogP) is 1.72. The minimum Gasteiger partial charge on any atom is -0.357 e. The molecule has 1 aromatic carbocycles. The van der Waals surface area contributed by atoms with E-state index in [0.29, 0.717) is 30.6 Å². The number of benzene rings is 1. The Morgan fingerprint density at radius 1 is 1.26 bits per heavy atom. The van der Waals surface area contributed by atoms with Gasteiger partial charge in [-0.25, -0.2) is 18.1 Å². The number of nitrogens with one attached hydrogen (secondary N) is 3. The largest absolute Gasteiger partial charge is 0.357 e. The van der Waals surface area contributed by atoms with Crippen LogP contribution in [-0.4, -0.2) is 39.3 Å². The van der Waals surface area contributed by atoms with Gasteiger partial charge in [0.1, 0.15) is 0 Å². The zero-order chi connectivity index (χ0) is 17.5. The zero-order valence-corrected chi connectivity index (χ0v) is 15.6. The van der Waals surface area contributed by atoms with Crippen molar-refractivity contribution in [1.29, 1.82) is 0 Å². The van der Waals surface area contributed by atoms with Crippen molar-refractivity contribution in [3.8, 4) is 0 Å². The molecule has 0 aliphatic heterocycles. The van der Waals surface area contributed by atoms with Gasteiger partial charge in [-0.1, -0.05) is 29.8 Å². The zero-order valence-electron chi connectivity index (χ0n) is 14.0. The van der Waals surface area contributed by atoms with E-state index in [2.05, 4.69) is 20.3 Å². The van der Waals surface area contributed by atoms with Gasteiger partial charge in [0.2, 0.25) is 10.0 Å². The van der Waals surface area contributed by atoms with E-state index in [1.807, 2.05) is 31.2 Å². The Kier molecular flexibility index (Phi) is 7.31. The lowest BCUT2D eigenvalue weighted by Gasteiger charge is -2.26. The van der Waals surface area contributed by atoms with E-state index < -0.39 is 15.6 Å². The summed E-state index contributed by atoms with van der Waals surface area (Å²) in [5, 5.41) is 6.94.